The van der Waals surface area contributed by atoms with E-state index in [1.165, 1.54) is 18.2 Å². The number of halogens is 1. The molecular formula is C17H18ClN3O3. The average molecular weight is 348 g/mol. The van der Waals surface area contributed by atoms with Crippen LogP contribution < -0.4 is 4.90 Å². The van der Waals surface area contributed by atoms with Gasteiger partial charge in [-0.2, -0.15) is 0 Å². The van der Waals surface area contributed by atoms with Gasteiger partial charge in [0.15, 0.2) is 0 Å². The van der Waals surface area contributed by atoms with Crippen molar-refractivity contribution in [1.29, 1.82) is 0 Å². The van der Waals surface area contributed by atoms with E-state index in [0.717, 1.165) is 5.69 Å². The van der Waals surface area contributed by atoms with Crippen LogP contribution in [0.3, 0.4) is 0 Å². The van der Waals surface area contributed by atoms with Crippen molar-refractivity contribution in [3.8, 4) is 0 Å². The van der Waals surface area contributed by atoms with Crippen molar-refractivity contribution in [1.82, 2.24) is 4.90 Å². The fourth-order valence-corrected chi connectivity index (χ4v) is 2.45. The predicted octanol–water partition coefficient (Wildman–Crippen LogP) is 3.34. The lowest BCUT2D eigenvalue weighted by Crippen LogP contribution is -2.36. The van der Waals surface area contributed by atoms with Crippen molar-refractivity contribution in [2.24, 2.45) is 0 Å². The third-order valence-corrected chi connectivity index (χ3v) is 3.97. The minimum Gasteiger partial charge on any atom is -0.314 e. The Bertz CT molecular complexity index is 737. The first kappa shape index (κ1) is 17.9. The second kappa shape index (κ2) is 7.90. The minimum atomic E-state index is -0.464. The third-order valence-electron chi connectivity index (χ3n) is 3.60. The van der Waals surface area contributed by atoms with Gasteiger partial charge in [0.2, 0.25) is 5.91 Å². The third kappa shape index (κ3) is 4.53. The number of nitrogens with zero attached hydrogens (tertiary/aromatic N) is 3. The van der Waals surface area contributed by atoms with E-state index in [9.17, 15) is 14.9 Å². The van der Waals surface area contributed by atoms with Crippen LogP contribution in [0.2, 0.25) is 5.02 Å². The molecule has 0 N–H and O–H groups in total. The van der Waals surface area contributed by atoms with Crippen molar-refractivity contribution in [3.63, 3.8) is 0 Å². The normalized spacial score (nSPS) is 10.7. The molecule has 0 aliphatic heterocycles. The molecule has 0 saturated heterocycles. The first-order chi connectivity index (χ1) is 11.4. The highest BCUT2D eigenvalue weighted by atomic mass is 35.5. The Morgan fingerprint density at radius 1 is 1.17 bits per heavy atom. The molecular weight excluding hydrogens is 330 g/mol. The standard InChI is InChI=1S/C17H18ClN3O3/c1-19(11-13-10-15(21(23)24)8-9-16(13)18)12-17(22)20(2)14-6-4-3-5-7-14/h3-10H,11-12H2,1-2H3. The lowest BCUT2D eigenvalue weighted by Gasteiger charge is -2.22. The van der Waals surface area contributed by atoms with Crippen molar-refractivity contribution < 1.29 is 9.72 Å². The molecule has 0 saturated carbocycles. The Morgan fingerprint density at radius 2 is 1.83 bits per heavy atom. The van der Waals surface area contributed by atoms with Crippen LogP contribution in [0.25, 0.3) is 0 Å². The van der Waals surface area contributed by atoms with E-state index in [2.05, 4.69) is 0 Å². The molecule has 2 aromatic carbocycles. The molecule has 0 aromatic heterocycles. The van der Waals surface area contributed by atoms with Crippen molar-refractivity contribution in [2.45, 2.75) is 6.54 Å². The summed E-state index contributed by atoms with van der Waals surface area (Å²) in [4.78, 5) is 26.1. The molecule has 24 heavy (non-hydrogen) atoms. The molecule has 7 heteroatoms. The van der Waals surface area contributed by atoms with Gasteiger partial charge in [0.1, 0.15) is 0 Å². The summed E-state index contributed by atoms with van der Waals surface area (Å²) in [7, 11) is 3.48. The number of carbonyl (C=O) groups is 1. The SMILES string of the molecule is CN(CC(=O)N(C)c1ccccc1)Cc1cc([N+](=O)[O-])ccc1Cl. The minimum absolute atomic E-state index is 0.0180. The molecule has 126 valence electrons. The van der Waals surface area contributed by atoms with E-state index in [-0.39, 0.29) is 18.1 Å². The number of nitro groups is 1. The van der Waals surface area contributed by atoms with Gasteiger partial charge in [-0.25, -0.2) is 0 Å². The Labute approximate surface area is 145 Å². The number of rotatable bonds is 6. The summed E-state index contributed by atoms with van der Waals surface area (Å²) in [6.07, 6.45) is 0. The first-order valence-corrected chi connectivity index (χ1v) is 7.69. The van der Waals surface area contributed by atoms with Crippen LogP contribution in [0.1, 0.15) is 5.56 Å². The quantitative estimate of drug-likeness (QED) is 0.593. The molecule has 0 bridgehead atoms. The largest absolute Gasteiger partial charge is 0.314 e. The van der Waals surface area contributed by atoms with E-state index in [1.54, 1.807) is 23.9 Å². The molecule has 0 aliphatic rings. The topological polar surface area (TPSA) is 66.7 Å². The van der Waals surface area contributed by atoms with Crippen LogP contribution in [0.15, 0.2) is 48.5 Å². The van der Waals surface area contributed by atoms with Crippen LogP contribution in [0, 0.1) is 10.1 Å². The molecule has 0 spiro atoms. The van der Waals surface area contributed by atoms with Crippen LogP contribution in [0.4, 0.5) is 11.4 Å². The van der Waals surface area contributed by atoms with Gasteiger partial charge in [-0.1, -0.05) is 29.8 Å². The summed E-state index contributed by atoms with van der Waals surface area (Å²) in [6.45, 7) is 0.513. The van der Waals surface area contributed by atoms with Gasteiger partial charge in [0, 0.05) is 36.4 Å². The number of hydrogen-bond donors (Lipinski definition) is 0. The number of para-hydroxylation sites is 1. The van der Waals surface area contributed by atoms with Gasteiger partial charge in [-0.3, -0.25) is 19.8 Å². The van der Waals surface area contributed by atoms with E-state index in [1.807, 2.05) is 30.3 Å². The maximum absolute atomic E-state index is 12.3. The number of nitro benzene ring substituents is 1. The van der Waals surface area contributed by atoms with Gasteiger partial charge in [0.05, 0.1) is 11.5 Å². The van der Waals surface area contributed by atoms with Gasteiger partial charge < -0.3 is 4.90 Å². The summed E-state index contributed by atoms with van der Waals surface area (Å²) in [6, 6.07) is 13.6. The predicted molar refractivity (Wildman–Crippen MR) is 94.3 cm³/mol. The number of non-ortho nitro benzene ring substituents is 1. The number of hydrogen-bond acceptors (Lipinski definition) is 4. The Kier molecular flexibility index (Phi) is 5.89. The zero-order valence-electron chi connectivity index (χ0n) is 13.5. The fourth-order valence-electron chi connectivity index (χ4n) is 2.28. The van der Waals surface area contributed by atoms with E-state index < -0.39 is 4.92 Å². The zero-order valence-corrected chi connectivity index (χ0v) is 14.2. The molecule has 0 atom stereocenters. The number of amides is 1. The van der Waals surface area contributed by atoms with Gasteiger partial charge in [-0.15, -0.1) is 0 Å². The van der Waals surface area contributed by atoms with Gasteiger partial charge in [0.25, 0.3) is 5.69 Å². The smallest absolute Gasteiger partial charge is 0.269 e. The van der Waals surface area contributed by atoms with Crippen molar-refractivity contribution in [3.05, 3.63) is 69.2 Å². The maximum Gasteiger partial charge on any atom is 0.269 e. The summed E-state index contributed by atoms with van der Waals surface area (Å²) in [5.41, 5.74) is 1.41. The highest BCUT2D eigenvalue weighted by Gasteiger charge is 2.16. The Hall–Kier alpha value is -2.44. The van der Waals surface area contributed by atoms with E-state index >= 15 is 0 Å². The van der Waals surface area contributed by atoms with Crippen LogP contribution >= 0.6 is 11.6 Å². The lowest BCUT2D eigenvalue weighted by atomic mass is 10.2. The van der Waals surface area contributed by atoms with Gasteiger partial charge >= 0.3 is 0 Å². The van der Waals surface area contributed by atoms with Crippen molar-refractivity contribution >= 4 is 28.9 Å². The number of benzene rings is 2. The second-order valence-corrected chi connectivity index (χ2v) is 5.90. The van der Waals surface area contributed by atoms with Crippen LogP contribution in [-0.4, -0.2) is 36.4 Å². The van der Waals surface area contributed by atoms with Gasteiger partial charge in [-0.05, 0) is 30.8 Å². The number of anilines is 1. The number of likely N-dealkylation sites (N-methyl/N-ethyl adjacent to an activating group) is 2. The first-order valence-electron chi connectivity index (χ1n) is 7.31. The summed E-state index contributed by atoms with van der Waals surface area (Å²) >= 11 is 6.10. The summed E-state index contributed by atoms with van der Waals surface area (Å²) in [5, 5.41) is 11.3. The van der Waals surface area contributed by atoms with Crippen LogP contribution in [-0.2, 0) is 11.3 Å². The highest BCUT2D eigenvalue weighted by molar-refractivity contribution is 6.31. The Balaban J connectivity index is 2.03. The zero-order chi connectivity index (χ0) is 17.7. The molecule has 1 amide bonds. The number of carbonyl (C=O) groups excluding carboxylic acids is 1. The summed E-state index contributed by atoms with van der Waals surface area (Å²) < 4.78 is 0. The highest BCUT2D eigenvalue weighted by Crippen LogP contribution is 2.23. The van der Waals surface area contributed by atoms with Crippen molar-refractivity contribution in [2.75, 3.05) is 25.5 Å². The fraction of sp³-hybridized carbons (Fsp3) is 0.235. The molecule has 0 radical (unpaired) electrons. The Morgan fingerprint density at radius 3 is 2.46 bits per heavy atom. The average Bonchev–Trinajstić information content (AvgIpc) is 2.56. The molecule has 0 heterocycles. The molecule has 0 aliphatic carbocycles. The monoisotopic (exact) mass is 347 g/mol. The lowest BCUT2D eigenvalue weighted by molar-refractivity contribution is -0.384. The molecule has 0 unspecified atom stereocenters. The second-order valence-electron chi connectivity index (χ2n) is 5.49. The van der Waals surface area contributed by atoms with E-state index in [4.69, 9.17) is 11.6 Å². The van der Waals surface area contributed by atoms with Crippen LogP contribution in [0.5, 0.6) is 0 Å². The summed E-state index contributed by atoms with van der Waals surface area (Å²) in [5.74, 6) is -0.0785. The molecule has 2 rings (SSSR count). The molecule has 6 nitrogen and oxygen atoms in total. The molecule has 2 aromatic rings. The molecule has 0 fully saturated rings. The maximum atomic E-state index is 12.3. The van der Waals surface area contributed by atoms with E-state index in [0.29, 0.717) is 17.1 Å².